The summed E-state index contributed by atoms with van der Waals surface area (Å²) < 4.78 is 8.58. The average Bonchev–Trinajstić information content (AvgIpc) is 2.77. The van der Waals surface area contributed by atoms with Crippen molar-refractivity contribution in [1.29, 1.82) is 0 Å². The molecule has 2 nitrogen and oxygen atoms in total. The van der Waals surface area contributed by atoms with Gasteiger partial charge in [0.2, 0.25) is 0 Å². The lowest BCUT2D eigenvalue weighted by Crippen LogP contribution is -2.48. The summed E-state index contributed by atoms with van der Waals surface area (Å²) in [4.78, 5) is 0. The molecule has 0 bridgehead atoms. The zero-order valence-electron chi connectivity index (χ0n) is 12.5. The van der Waals surface area contributed by atoms with E-state index in [1.54, 1.807) is 11.3 Å². The largest absolute Gasteiger partial charge is 0.375 e. The summed E-state index contributed by atoms with van der Waals surface area (Å²) in [6.45, 7) is 4.24. The first-order chi connectivity index (χ1) is 10.1. The Morgan fingerprint density at radius 2 is 2.29 bits per heavy atom. The number of hydrogen-bond donors (Lipinski definition) is 1. The van der Waals surface area contributed by atoms with E-state index < -0.39 is 0 Å². The van der Waals surface area contributed by atoms with Crippen LogP contribution < -0.4 is 5.32 Å². The van der Waals surface area contributed by atoms with Gasteiger partial charge in [-0.05, 0) is 94.5 Å². The molecule has 3 rings (SSSR count). The SMILES string of the molecule is CCCNC(c1cc(Br)sc1Br)C1CCOC2(CCC2)C1. The minimum absolute atomic E-state index is 0.217. The standard InChI is InChI=1S/C16H23Br2NOS/c1-2-7-19-14(12-9-13(17)21-15(12)18)11-4-8-20-16(10-11)5-3-6-16/h9,11,14,19H,2-8,10H2,1H3. The molecule has 2 heterocycles. The molecule has 0 aromatic carbocycles. The molecule has 1 saturated carbocycles. The van der Waals surface area contributed by atoms with Crippen molar-refractivity contribution in [3.8, 4) is 0 Å². The molecule has 118 valence electrons. The second-order valence-corrected chi connectivity index (χ2v) is 10.1. The van der Waals surface area contributed by atoms with Crippen LogP contribution in [0.3, 0.4) is 0 Å². The Balaban J connectivity index is 1.79. The third-order valence-corrected chi connectivity index (χ3v) is 7.29. The molecular formula is C16H23Br2NOS. The van der Waals surface area contributed by atoms with Crippen LogP contribution in [0.2, 0.25) is 0 Å². The Morgan fingerprint density at radius 1 is 1.48 bits per heavy atom. The smallest absolute Gasteiger partial charge is 0.0758 e. The van der Waals surface area contributed by atoms with Crippen molar-refractivity contribution in [2.75, 3.05) is 13.2 Å². The summed E-state index contributed by atoms with van der Waals surface area (Å²) in [5.74, 6) is 0.684. The van der Waals surface area contributed by atoms with Gasteiger partial charge < -0.3 is 10.1 Å². The lowest BCUT2D eigenvalue weighted by molar-refractivity contribution is -0.147. The quantitative estimate of drug-likeness (QED) is 0.642. The van der Waals surface area contributed by atoms with E-state index in [0.717, 1.165) is 13.2 Å². The first kappa shape index (κ1) is 16.4. The lowest BCUT2D eigenvalue weighted by atomic mass is 9.70. The van der Waals surface area contributed by atoms with Crippen molar-refractivity contribution in [2.45, 2.75) is 57.1 Å². The molecule has 2 unspecified atom stereocenters. The maximum Gasteiger partial charge on any atom is 0.0758 e. The molecule has 1 spiro atoms. The first-order valence-corrected chi connectivity index (χ1v) is 10.4. The summed E-state index contributed by atoms with van der Waals surface area (Å²) >= 11 is 9.16. The highest BCUT2D eigenvalue weighted by atomic mass is 79.9. The summed E-state index contributed by atoms with van der Waals surface area (Å²) in [7, 11) is 0. The van der Waals surface area contributed by atoms with Crippen LogP contribution in [0.25, 0.3) is 0 Å². The van der Waals surface area contributed by atoms with E-state index in [1.165, 1.54) is 51.7 Å². The van der Waals surface area contributed by atoms with Crippen LogP contribution in [0, 0.1) is 5.92 Å². The third kappa shape index (κ3) is 3.57. The van der Waals surface area contributed by atoms with Gasteiger partial charge in [0.15, 0.2) is 0 Å². The second kappa shape index (κ2) is 7.00. The topological polar surface area (TPSA) is 21.3 Å². The zero-order valence-corrected chi connectivity index (χ0v) is 16.4. The van der Waals surface area contributed by atoms with Gasteiger partial charge in [0.1, 0.15) is 0 Å². The summed E-state index contributed by atoms with van der Waals surface area (Å²) in [5, 5.41) is 3.80. The van der Waals surface area contributed by atoms with Crippen LogP contribution in [0.15, 0.2) is 13.6 Å². The molecule has 5 heteroatoms. The van der Waals surface area contributed by atoms with Crippen molar-refractivity contribution in [3.63, 3.8) is 0 Å². The fourth-order valence-corrected chi connectivity index (χ4v) is 6.59. The van der Waals surface area contributed by atoms with Crippen molar-refractivity contribution >= 4 is 43.2 Å². The van der Waals surface area contributed by atoms with Crippen LogP contribution in [0.1, 0.15) is 57.1 Å². The maximum absolute atomic E-state index is 6.11. The summed E-state index contributed by atoms with van der Waals surface area (Å²) in [5.41, 5.74) is 1.64. The van der Waals surface area contributed by atoms with E-state index in [1.807, 2.05) is 0 Å². The molecule has 2 atom stereocenters. The van der Waals surface area contributed by atoms with Gasteiger partial charge in [-0.1, -0.05) is 6.92 Å². The van der Waals surface area contributed by atoms with E-state index in [4.69, 9.17) is 4.74 Å². The lowest BCUT2D eigenvalue weighted by Gasteiger charge is -2.49. The fourth-order valence-electron chi connectivity index (χ4n) is 3.67. The highest BCUT2D eigenvalue weighted by Crippen LogP contribution is 2.48. The van der Waals surface area contributed by atoms with Gasteiger partial charge in [-0.3, -0.25) is 0 Å². The van der Waals surface area contributed by atoms with E-state index in [2.05, 4.69) is 50.2 Å². The molecule has 0 amide bonds. The minimum Gasteiger partial charge on any atom is -0.375 e. The van der Waals surface area contributed by atoms with Crippen molar-refractivity contribution < 1.29 is 4.74 Å². The Morgan fingerprint density at radius 3 is 2.86 bits per heavy atom. The van der Waals surface area contributed by atoms with Crippen LogP contribution >= 0.6 is 43.2 Å². The third-order valence-electron chi connectivity index (χ3n) is 4.90. The molecule has 2 fully saturated rings. The van der Waals surface area contributed by atoms with Crippen LogP contribution in [0.4, 0.5) is 0 Å². The van der Waals surface area contributed by atoms with Gasteiger partial charge in [0, 0.05) is 12.6 Å². The number of nitrogens with one attached hydrogen (secondary N) is 1. The molecule has 1 aliphatic heterocycles. The number of halogens is 2. The normalized spacial score (nSPS) is 25.8. The molecule has 2 aliphatic rings. The molecule has 0 radical (unpaired) electrons. The average molecular weight is 437 g/mol. The van der Waals surface area contributed by atoms with Crippen LogP contribution in [-0.4, -0.2) is 18.8 Å². The number of hydrogen-bond acceptors (Lipinski definition) is 3. The molecule has 1 aliphatic carbocycles. The number of rotatable bonds is 5. The summed E-state index contributed by atoms with van der Waals surface area (Å²) in [6.07, 6.45) is 7.43. The van der Waals surface area contributed by atoms with Crippen LogP contribution in [-0.2, 0) is 4.74 Å². The van der Waals surface area contributed by atoms with Gasteiger partial charge in [-0.15, -0.1) is 11.3 Å². The van der Waals surface area contributed by atoms with Gasteiger partial charge in [-0.2, -0.15) is 0 Å². The van der Waals surface area contributed by atoms with E-state index in [-0.39, 0.29) is 5.60 Å². The van der Waals surface area contributed by atoms with E-state index in [9.17, 15) is 0 Å². The molecule has 1 saturated heterocycles. The monoisotopic (exact) mass is 435 g/mol. The molecule has 1 aromatic heterocycles. The molecule has 1 aromatic rings. The van der Waals surface area contributed by atoms with Crippen LogP contribution in [0.5, 0.6) is 0 Å². The summed E-state index contributed by atoms with van der Waals surface area (Å²) in [6, 6.07) is 2.73. The Hall–Kier alpha value is 0.580. The van der Waals surface area contributed by atoms with Crippen molar-refractivity contribution in [1.82, 2.24) is 5.32 Å². The van der Waals surface area contributed by atoms with Crippen molar-refractivity contribution in [2.24, 2.45) is 5.92 Å². The van der Waals surface area contributed by atoms with Gasteiger partial charge in [0.25, 0.3) is 0 Å². The predicted molar refractivity (Wildman–Crippen MR) is 96.0 cm³/mol. The second-order valence-electron chi connectivity index (χ2n) is 6.35. The highest BCUT2D eigenvalue weighted by Gasteiger charge is 2.44. The highest BCUT2D eigenvalue weighted by molar-refractivity contribution is 9.12. The number of ether oxygens (including phenoxy) is 1. The molecule has 21 heavy (non-hydrogen) atoms. The van der Waals surface area contributed by atoms with Crippen molar-refractivity contribution in [3.05, 3.63) is 19.2 Å². The van der Waals surface area contributed by atoms with Gasteiger partial charge >= 0.3 is 0 Å². The molecular weight excluding hydrogens is 414 g/mol. The van der Waals surface area contributed by atoms with Gasteiger partial charge in [-0.25, -0.2) is 0 Å². The number of thiophene rings is 1. The van der Waals surface area contributed by atoms with Gasteiger partial charge in [0.05, 0.1) is 13.2 Å². The minimum atomic E-state index is 0.217. The Bertz CT molecular complexity index is 487. The van der Waals surface area contributed by atoms with E-state index >= 15 is 0 Å². The Kier molecular flexibility index (Phi) is 5.48. The van der Waals surface area contributed by atoms with E-state index in [0.29, 0.717) is 12.0 Å². The Labute approximate surface area is 148 Å². The first-order valence-electron chi connectivity index (χ1n) is 7.95. The maximum atomic E-state index is 6.11. The fraction of sp³-hybridized carbons (Fsp3) is 0.750. The molecule has 1 N–H and O–H groups in total. The predicted octanol–water partition coefficient (Wildman–Crippen LogP) is 5.66. The zero-order chi connectivity index (χ0) is 14.9.